The number of hydrogen-bond donors (Lipinski definition) is 1. The van der Waals surface area contributed by atoms with Crippen molar-refractivity contribution >= 4 is 74.5 Å². The highest BCUT2D eigenvalue weighted by Crippen LogP contribution is 2.50. The number of nitrogens with zero attached hydrogens (tertiary/aromatic N) is 2. The van der Waals surface area contributed by atoms with Crippen molar-refractivity contribution in [3.8, 4) is 11.5 Å². The quantitative estimate of drug-likeness (QED) is 0.125. The van der Waals surface area contributed by atoms with Gasteiger partial charge in [-0.3, -0.25) is 4.79 Å². The maximum atomic E-state index is 13.3. The van der Waals surface area contributed by atoms with E-state index in [9.17, 15) is 4.79 Å². The molecule has 3 heterocycles. The van der Waals surface area contributed by atoms with E-state index in [0.717, 1.165) is 46.3 Å². The molecule has 1 N–H and O–H groups in total. The molecule has 2 atom stereocenters. The second kappa shape index (κ2) is 14.8. The van der Waals surface area contributed by atoms with Gasteiger partial charge in [0.05, 0.1) is 21.3 Å². The molecule has 0 saturated carbocycles. The summed E-state index contributed by atoms with van der Waals surface area (Å²) in [4.78, 5) is 21.5. The lowest BCUT2D eigenvalue weighted by molar-refractivity contribution is -0.115. The largest absolute Gasteiger partial charge is 0.493 e. The van der Waals surface area contributed by atoms with E-state index >= 15 is 0 Å². The van der Waals surface area contributed by atoms with Gasteiger partial charge in [-0.1, -0.05) is 90.5 Å². The number of nitrogens with one attached hydrogen (secondary N) is 1. The van der Waals surface area contributed by atoms with Crippen molar-refractivity contribution in [2.24, 2.45) is 4.99 Å². The average molecular weight is 824 g/mol. The van der Waals surface area contributed by atoms with Crippen LogP contribution in [0.3, 0.4) is 0 Å². The number of ether oxygens (including phenoxy) is 2. The summed E-state index contributed by atoms with van der Waals surface area (Å²) < 4.78 is 12.7. The molecule has 1 amide bonds. The van der Waals surface area contributed by atoms with E-state index < -0.39 is 0 Å². The topological polar surface area (TPSA) is 63.2 Å². The Morgan fingerprint density at radius 2 is 1.53 bits per heavy atom. The van der Waals surface area contributed by atoms with Crippen LogP contribution in [-0.2, 0) is 11.4 Å². The molecule has 5 aromatic carbocycles. The first-order valence-corrected chi connectivity index (χ1v) is 19.3. The highest BCUT2D eigenvalue weighted by atomic mass is 127. The molecule has 256 valence electrons. The van der Waals surface area contributed by atoms with Crippen molar-refractivity contribution < 1.29 is 14.3 Å². The van der Waals surface area contributed by atoms with Crippen LogP contribution in [0.4, 0.5) is 11.4 Å². The van der Waals surface area contributed by atoms with Gasteiger partial charge in [-0.25, -0.2) is 4.99 Å². The Morgan fingerprint density at radius 1 is 0.902 bits per heavy atom. The second-order valence-electron chi connectivity index (χ2n) is 12.9. The third kappa shape index (κ3) is 7.01. The zero-order chi connectivity index (χ0) is 34.9. The first-order valence-electron chi connectivity index (χ1n) is 17.0. The second-order valence-corrected chi connectivity index (χ2v) is 15.5. The molecule has 51 heavy (non-hydrogen) atoms. The fourth-order valence-corrected chi connectivity index (χ4v) is 9.19. The summed E-state index contributed by atoms with van der Waals surface area (Å²) in [6.07, 6.45) is 3.98. The summed E-state index contributed by atoms with van der Waals surface area (Å²) in [5, 5.41) is 4.24. The molecule has 0 unspecified atom stereocenters. The number of anilines is 1. The van der Waals surface area contributed by atoms with Crippen LogP contribution in [0.15, 0.2) is 119 Å². The number of carbonyl (C=O) groups is 1. The number of aliphatic imine (C=N–C) groups is 1. The van der Waals surface area contributed by atoms with E-state index in [1.165, 1.54) is 39.7 Å². The van der Waals surface area contributed by atoms with Gasteiger partial charge in [-0.05, 0) is 111 Å². The molecule has 1 saturated heterocycles. The smallest absolute Gasteiger partial charge is 0.264 e. The van der Waals surface area contributed by atoms with Crippen LogP contribution in [-0.4, -0.2) is 31.3 Å². The Bertz CT molecular complexity index is 2100. The number of carbonyl (C=O) groups excluding carboxylic acids is 1. The molecule has 0 spiro atoms. The van der Waals surface area contributed by atoms with Crippen LogP contribution >= 0.6 is 46.0 Å². The maximum absolute atomic E-state index is 13.3. The predicted molar refractivity (Wildman–Crippen MR) is 217 cm³/mol. The Labute approximate surface area is 321 Å². The predicted octanol–water partition coefficient (Wildman–Crippen LogP) is 10.3. The highest BCUT2D eigenvalue weighted by molar-refractivity contribution is 14.1. The lowest BCUT2D eigenvalue weighted by Crippen LogP contribution is -2.37. The fourth-order valence-electron chi connectivity index (χ4n) is 7.38. The van der Waals surface area contributed by atoms with Crippen molar-refractivity contribution in [1.29, 1.82) is 0 Å². The first-order chi connectivity index (χ1) is 24.9. The molecule has 0 bridgehead atoms. The Kier molecular flexibility index (Phi) is 9.81. The van der Waals surface area contributed by atoms with E-state index in [0.29, 0.717) is 33.2 Å². The van der Waals surface area contributed by atoms with Crippen molar-refractivity contribution in [3.63, 3.8) is 0 Å². The van der Waals surface area contributed by atoms with Crippen molar-refractivity contribution in [2.75, 3.05) is 25.1 Å². The standard InChI is InChI=1S/C42H35ClIN3O3S/c1-49-37-21-26(20-36(44)40(37)50-25-29-14-8-9-15-35(29)43)22-38-41(48)46-42(51-38)45-30-23-33-31(27-10-4-2-5-11-27)16-18-47-19-17-32(34(24-30)39(33)47)28-12-6-3-7-13-28/h2-15,20-24,31-32H,16-19,25H2,1H3,(H,45,46,48)/b38-22-/t31-,32-/m0/s1. The minimum atomic E-state index is -0.179. The van der Waals surface area contributed by atoms with E-state index in [2.05, 4.69) is 106 Å². The third-order valence-electron chi connectivity index (χ3n) is 9.76. The summed E-state index contributed by atoms with van der Waals surface area (Å²) >= 11 is 9.93. The van der Waals surface area contributed by atoms with Gasteiger partial charge in [-0.15, -0.1) is 0 Å². The summed E-state index contributed by atoms with van der Waals surface area (Å²) in [6, 6.07) is 37.6. The van der Waals surface area contributed by atoms with Gasteiger partial charge >= 0.3 is 0 Å². The molecule has 5 aromatic rings. The average Bonchev–Trinajstić information content (AvgIpc) is 3.49. The molecule has 0 aromatic heterocycles. The Balaban J connectivity index is 1.11. The van der Waals surface area contributed by atoms with Crippen LogP contribution in [0.1, 0.15) is 58.1 Å². The summed E-state index contributed by atoms with van der Waals surface area (Å²) in [5.41, 5.74) is 9.20. The SMILES string of the molecule is COc1cc(/C=C2\SC(=Nc3cc4c5c(c3)[C@H](c3ccccc3)CCN5CC[C@H]4c3ccccc3)NC2=O)cc(I)c1OCc1ccccc1Cl. The van der Waals surface area contributed by atoms with Gasteiger partial charge in [0.15, 0.2) is 16.7 Å². The Hall–Kier alpha value is -4.25. The lowest BCUT2D eigenvalue weighted by Gasteiger charge is -2.43. The summed E-state index contributed by atoms with van der Waals surface area (Å²) in [5.74, 6) is 1.59. The first kappa shape index (κ1) is 33.9. The van der Waals surface area contributed by atoms with Gasteiger partial charge in [-0.2, -0.15) is 0 Å². The minimum absolute atomic E-state index is 0.179. The van der Waals surface area contributed by atoms with Crippen LogP contribution in [0.25, 0.3) is 6.08 Å². The molecule has 0 aliphatic carbocycles. The molecule has 3 aliphatic heterocycles. The summed E-state index contributed by atoms with van der Waals surface area (Å²) in [7, 11) is 1.61. The van der Waals surface area contributed by atoms with Crippen molar-refractivity contribution in [2.45, 2.75) is 31.3 Å². The number of halogens is 2. The number of thioether (sulfide) groups is 1. The van der Waals surface area contributed by atoms with Crippen molar-refractivity contribution in [3.05, 3.63) is 156 Å². The molecule has 0 radical (unpaired) electrons. The van der Waals surface area contributed by atoms with E-state index in [4.69, 9.17) is 26.1 Å². The van der Waals surface area contributed by atoms with Gasteiger partial charge in [0, 0.05) is 41.2 Å². The zero-order valence-corrected chi connectivity index (χ0v) is 31.7. The van der Waals surface area contributed by atoms with E-state index in [-0.39, 0.29) is 17.7 Å². The summed E-state index contributed by atoms with van der Waals surface area (Å²) in [6.45, 7) is 2.38. The number of rotatable bonds is 8. The minimum Gasteiger partial charge on any atom is -0.493 e. The van der Waals surface area contributed by atoms with Gasteiger partial charge in [0.1, 0.15) is 6.61 Å². The van der Waals surface area contributed by atoms with Crippen LogP contribution in [0, 0.1) is 3.57 Å². The third-order valence-corrected chi connectivity index (χ3v) is 11.8. The van der Waals surface area contributed by atoms with Gasteiger partial charge in [0.25, 0.3) is 5.91 Å². The van der Waals surface area contributed by atoms with Crippen molar-refractivity contribution in [1.82, 2.24) is 5.32 Å². The number of benzene rings is 5. The van der Waals surface area contributed by atoms with Gasteiger partial charge < -0.3 is 19.7 Å². The Morgan fingerprint density at radius 3 is 2.16 bits per heavy atom. The molecule has 6 nitrogen and oxygen atoms in total. The lowest BCUT2D eigenvalue weighted by atomic mass is 9.76. The number of amidine groups is 1. The number of hydrogen-bond acceptors (Lipinski definition) is 6. The van der Waals surface area contributed by atoms with Crippen LogP contribution in [0.2, 0.25) is 5.02 Å². The van der Waals surface area contributed by atoms with Crippen LogP contribution < -0.4 is 19.7 Å². The van der Waals surface area contributed by atoms with E-state index in [1.54, 1.807) is 7.11 Å². The van der Waals surface area contributed by atoms with Crippen LogP contribution in [0.5, 0.6) is 11.5 Å². The normalized spacial score (nSPS) is 19.6. The number of amides is 1. The molecule has 8 rings (SSSR count). The molecule has 3 aliphatic rings. The maximum Gasteiger partial charge on any atom is 0.264 e. The zero-order valence-electron chi connectivity index (χ0n) is 27.9. The fraction of sp³-hybridized carbons (Fsp3) is 0.190. The molecular formula is C42H35ClIN3O3S. The van der Waals surface area contributed by atoms with E-state index in [1.807, 2.05) is 42.5 Å². The molecule has 1 fully saturated rings. The van der Waals surface area contributed by atoms with Gasteiger partial charge in [0.2, 0.25) is 0 Å². The number of methoxy groups -OCH3 is 1. The molecular weight excluding hydrogens is 789 g/mol. The monoisotopic (exact) mass is 823 g/mol. The molecule has 9 heteroatoms. The highest BCUT2D eigenvalue weighted by Gasteiger charge is 2.35.